The molecule has 1 aliphatic rings. The van der Waals surface area contributed by atoms with Crippen molar-refractivity contribution in [1.29, 1.82) is 0 Å². The van der Waals surface area contributed by atoms with E-state index in [0.717, 1.165) is 5.56 Å². The average molecular weight is 391 g/mol. The van der Waals surface area contributed by atoms with Crippen molar-refractivity contribution in [1.82, 2.24) is 14.5 Å². The minimum Gasteiger partial charge on any atom is -0.507 e. The number of aliphatic hydroxyl groups is 1. The summed E-state index contributed by atoms with van der Waals surface area (Å²) in [6, 6.07) is 9.81. The van der Waals surface area contributed by atoms with E-state index in [1.165, 1.54) is 11.2 Å². The van der Waals surface area contributed by atoms with Gasteiger partial charge in [-0.2, -0.15) is 0 Å². The molecule has 29 heavy (non-hydrogen) atoms. The van der Waals surface area contributed by atoms with Gasteiger partial charge in [0.1, 0.15) is 17.6 Å². The molecule has 148 valence electrons. The molecule has 0 bridgehead atoms. The molecule has 1 unspecified atom stereocenters. The lowest BCUT2D eigenvalue weighted by Crippen LogP contribution is -2.31. The molecule has 1 fully saturated rings. The van der Waals surface area contributed by atoms with Crippen LogP contribution in [0.25, 0.3) is 5.76 Å². The first-order valence-electron chi connectivity index (χ1n) is 9.41. The highest BCUT2D eigenvalue weighted by Crippen LogP contribution is 2.39. The van der Waals surface area contributed by atoms with Crippen LogP contribution in [0.2, 0.25) is 0 Å². The Morgan fingerprint density at radius 2 is 1.97 bits per heavy atom. The quantitative estimate of drug-likeness (QED) is 0.396. The summed E-state index contributed by atoms with van der Waals surface area (Å²) in [5.74, 6) is -1.08. The van der Waals surface area contributed by atoms with E-state index in [1.807, 2.05) is 29.8 Å². The van der Waals surface area contributed by atoms with E-state index >= 15 is 0 Å². The summed E-state index contributed by atoms with van der Waals surface area (Å²) in [5, 5.41) is 10.9. The normalized spacial score (nSPS) is 18.5. The van der Waals surface area contributed by atoms with Gasteiger partial charge in [-0.3, -0.25) is 9.59 Å². The molecule has 4 rings (SSSR count). The third kappa shape index (κ3) is 3.59. The molecule has 2 aromatic heterocycles. The van der Waals surface area contributed by atoms with Gasteiger partial charge in [-0.1, -0.05) is 29.8 Å². The summed E-state index contributed by atoms with van der Waals surface area (Å²) in [4.78, 5) is 31.1. The molecule has 0 saturated carbocycles. The van der Waals surface area contributed by atoms with Gasteiger partial charge in [0, 0.05) is 31.0 Å². The van der Waals surface area contributed by atoms with Gasteiger partial charge in [0.15, 0.2) is 0 Å². The Morgan fingerprint density at radius 1 is 1.17 bits per heavy atom. The number of aromatic nitrogens is 2. The van der Waals surface area contributed by atoms with Crippen LogP contribution in [-0.2, 0) is 16.1 Å². The molecule has 3 aromatic rings. The van der Waals surface area contributed by atoms with Crippen LogP contribution in [-0.4, -0.2) is 37.8 Å². The number of carbonyl (C=O) groups is 2. The Morgan fingerprint density at radius 3 is 2.62 bits per heavy atom. The molecule has 0 spiro atoms. The predicted molar refractivity (Wildman–Crippen MR) is 106 cm³/mol. The van der Waals surface area contributed by atoms with Crippen molar-refractivity contribution in [2.24, 2.45) is 0 Å². The number of rotatable bonds is 6. The van der Waals surface area contributed by atoms with Crippen LogP contribution < -0.4 is 0 Å². The lowest BCUT2D eigenvalue weighted by Gasteiger charge is -2.23. The van der Waals surface area contributed by atoms with Gasteiger partial charge in [-0.25, -0.2) is 4.98 Å². The topological polar surface area (TPSA) is 88.6 Å². The number of aryl methyl sites for hydroxylation is 2. The maximum absolute atomic E-state index is 12.8. The Hall–Kier alpha value is -3.61. The van der Waals surface area contributed by atoms with Gasteiger partial charge in [0.05, 0.1) is 18.2 Å². The monoisotopic (exact) mass is 391 g/mol. The lowest BCUT2D eigenvalue weighted by atomic mass is 9.99. The van der Waals surface area contributed by atoms with Crippen molar-refractivity contribution in [2.45, 2.75) is 25.9 Å². The average Bonchev–Trinajstić information content (AvgIpc) is 3.46. The Kier molecular flexibility index (Phi) is 5.03. The standard InChI is InChI=1S/C22H21N3O4/c1-15-5-7-16(8-6-15)20(26)18-19(17-4-2-13-29-17)25(22(28)21(18)27)11-3-10-24-12-9-23-14-24/h2,4-9,12-14,19,26H,3,10-11H2,1H3. The maximum atomic E-state index is 12.8. The third-order valence-corrected chi connectivity index (χ3v) is 5.05. The molecule has 3 heterocycles. The number of hydrogen-bond donors (Lipinski definition) is 1. The number of furan rings is 1. The third-order valence-electron chi connectivity index (χ3n) is 5.05. The number of hydrogen-bond acceptors (Lipinski definition) is 5. The summed E-state index contributed by atoms with van der Waals surface area (Å²) < 4.78 is 7.43. The van der Waals surface area contributed by atoms with Gasteiger partial charge in [-0.15, -0.1) is 0 Å². The van der Waals surface area contributed by atoms with Crippen LogP contribution in [0.5, 0.6) is 0 Å². The molecule has 1 N–H and O–H groups in total. The smallest absolute Gasteiger partial charge is 0.295 e. The molecule has 0 radical (unpaired) electrons. The predicted octanol–water partition coefficient (Wildman–Crippen LogP) is 3.30. The van der Waals surface area contributed by atoms with Gasteiger partial charge < -0.3 is 19.0 Å². The van der Waals surface area contributed by atoms with Crippen molar-refractivity contribution in [3.63, 3.8) is 0 Å². The first kappa shape index (κ1) is 18.7. The number of amides is 1. The van der Waals surface area contributed by atoms with Gasteiger partial charge in [0.2, 0.25) is 0 Å². The Balaban J connectivity index is 1.68. The first-order valence-corrected chi connectivity index (χ1v) is 9.41. The summed E-state index contributed by atoms with van der Waals surface area (Å²) in [5.41, 5.74) is 1.57. The molecule has 1 aliphatic heterocycles. The zero-order chi connectivity index (χ0) is 20.4. The van der Waals surface area contributed by atoms with Crippen molar-refractivity contribution in [2.75, 3.05) is 6.54 Å². The van der Waals surface area contributed by atoms with Crippen molar-refractivity contribution in [3.05, 3.63) is 83.8 Å². The molecule has 0 aliphatic carbocycles. The van der Waals surface area contributed by atoms with Crippen LogP contribution in [0.15, 0.2) is 71.4 Å². The largest absolute Gasteiger partial charge is 0.507 e. The van der Waals surface area contributed by atoms with Crippen LogP contribution >= 0.6 is 0 Å². The number of benzene rings is 1. The second kappa shape index (κ2) is 7.79. The SMILES string of the molecule is Cc1ccc(C(O)=C2C(=O)C(=O)N(CCCn3ccnc3)C2c2ccco2)cc1. The van der Waals surface area contributed by atoms with E-state index in [1.54, 1.807) is 36.8 Å². The maximum Gasteiger partial charge on any atom is 0.295 e. The number of carbonyl (C=O) groups excluding carboxylic acids is 2. The number of ketones is 1. The number of imidazole rings is 1. The van der Waals surface area contributed by atoms with Crippen molar-refractivity contribution >= 4 is 17.4 Å². The van der Waals surface area contributed by atoms with E-state index < -0.39 is 17.7 Å². The van der Waals surface area contributed by atoms with E-state index in [-0.39, 0.29) is 11.3 Å². The van der Waals surface area contributed by atoms with E-state index in [9.17, 15) is 14.7 Å². The molecular weight excluding hydrogens is 370 g/mol. The number of likely N-dealkylation sites (tertiary alicyclic amines) is 1. The van der Waals surface area contributed by atoms with Gasteiger partial charge in [0.25, 0.3) is 11.7 Å². The lowest BCUT2D eigenvalue weighted by molar-refractivity contribution is -0.140. The van der Waals surface area contributed by atoms with E-state index in [4.69, 9.17) is 4.42 Å². The fourth-order valence-corrected chi connectivity index (χ4v) is 3.56. The molecule has 7 heteroatoms. The fraction of sp³-hybridized carbons (Fsp3) is 0.227. The summed E-state index contributed by atoms with van der Waals surface area (Å²) in [6.45, 7) is 2.94. The first-order chi connectivity index (χ1) is 14.1. The Labute approximate surface area is 167 Å². The van der Waals surface area contributed by atoms with E-state index in [2.05, 4.69) is 4.98 Å². The van der Waals surface area contributed by atoms with Crippen molar-refractivity contribution in [3.8, 4) is 0 Å². The van der Waals surface area contributed by atoms with Crippen molar-refractivity contribution < 1.29 is 19.1 Å². The van der Waals surface area contributed by atoms with Gasteiger partial charge >= 0.3 is 0 Å². The molecule has 7 nitrogen and oxygen atoms in total. The minimum atomic E-state index is -0.755. The molecule has 1 amide bonds. The molecule has 1 atom stereocenters. The molecule has 1 aromatic carbocycles. The van der Waals surface area contributed by atoms with Crippen LogP contribution in [0.3, 0.4) is 0 Å². The number of Topliss-reactive ketones (excluding diaryl/α,β-unsaturated/α-hetero) is 1. The molecular formula is C22H21N3O4. The summed E-state index contributed by atoms with van der Waals surface area (Å²) in [6.07, 6.45) is 7.36. The highest BCUT2D eigenvalue weighted by atomic mass is 16.3. The number of aliphatic hydroxyl groups excluding tert-OH is 1. The van der Waals surface area contributed by atoms with Crippen LogP contribution in [0.1, 0.15) is 29.3 Å². The minimum absolute atomic E-state index is 0.0523. The fourth-order valence-electron chi connectivity index (χ4n) is 3.56. The Bertz CT molecular complexity index is 1030. The highest BCUT2D eigenvalue weighted by Gasteiger charge is 2.47. The van der Waals surface area contributed by atoms with Crippen LogP contribution in [0, 0.1) is 6.92 Å². The van der Waals surface area contributed by atoms with Gasteiger partial charge in [-0.05, 0) is 25.5 Å². The summed E-state index contributed by atoms with van der Waals surface area (Å²) in [7, 11) is 0. The number of nitrogens with zero attached hydrogens (tertiary/aromatic N) is 3. The molecule has 1 saturated heterocycles. The zero-order valence-electron chi connectivity index (χ0n) is 16.0. The van der Waals surface area contributed by atoms with E-state index in [0.29, 0.717) is 30.8 Å². The second-order valence-electron chi connectivity index (χ2n) is 7.03. The zero-order valence-corrected chi connectivity index (χ0v) is 16.0. The second-order valence-corrected chi connectivity index (χ2v) is 7.03. The summed E-state index contributed by atoms with van der Waals surface area (Å²) >= 11 is 0. The van der Waals surface area contributed by atoms with Crippen LogP contribution in [0.4, 0.5) is 0 Å². The highest BCUT2D eigenvalue weighted by molar-refractivity contribution is 6.46.